The number of nitrogens with zero attached hydrogens (tertiary/aromatic N) is 4. The Balaban J connectivity index is 1.52. The summed E-state index contributed by atoms with van der Waals surface area (Å²) in [5.41, 5.74) is 1.52. The summed E-state index contributed by atoms with van der Waals surface area (Å²) in [4.78, 5) is 32.7. The Labute approximate surface area is 225 Å². The molecule has 5 rings (SSSR count). The van der Waals surface area contributed by atoms with Gasteiger partial charge in [-0.2, -0.15) is 0 Å². The van der Waals surface area contributed by atoms with Crippen LogP contribution in [0.25, 0.3) is 11.1 Å². The molecular weight excluding hydrogens is 503 g/mol. The van der Waals surface area contributed by atoms with Crippen LogP contribution in [0, 0.1) is 5.82 Å². The van der Waals surface area contributed by atoms with Gasteiger partial charge in [0.1, 0.15) is 17.7 Å². The zero-order valence-corrected chi connectivity index (χ0v) is 21.6. The first-order valence-electron chi connectivity index (χ1n) is 12.7. The van der Waals surface area contributed by atoms with Crippen molar-refractivity contribution in [3.63, 3.8) is 0 Å². The van der Waals surface area contributed by atoms with Crippen LogP contribution in [0.2, 0.25) is 0 Å². The number of rotatable bonds is 7. The topological polar surface area (TPSA) is 87.3 Å². The molecule has 1 unspecified atom stereocenters. The number of morpholine rings is 1. The van der Waals surface area contributed by atoms with Crippen molar-refractivity contribution < 1.29 is 23.4 Å². The third kappa shape index (κ3) is 5.70. The normalized spacial score (nSPS) is 17.3. The lowest BCUT2D eigenvalue weighted by molar-refractivity contribution is 0.0118. The Hall–Kier alpha value is -4.44. The molecule has 0 saturated carbocycles. The highest BCUT2D eigenvalue weighted by Crippen LogP contribution is 2.27. The van der Waals surface area contributed by atoms with Crippen LogP contribution in [0.3, 0.4) is 0 Å². The first-order valence-corrected chi connectivity index (χ1v) is 12.7. The number of para-hydroxylation sites is 1. The van der Waals surface area contributed by atoms with Crippen LogP contribution in [-0.2, 0) is 22.6 Å². The second kappa shape index (κ2) is 11.5. The van der Waals surface area contributed by atoms with Crippen molar-refractivity contribution in [2.45, 2.75) is 26.1 Å². The van der Waals surface area contributed by atoms with Crippen molar-refractivity contribution in [3.05, 3.63) is 101 Å². The van der Waals surface area contributed by atoms with Gasteiger partial charge in [0.15, 0.2) is 0 Å². The molecule has 1 amide bonds. The number of hydrogen-bond donors (Lipinski definition) is 0. The Morgan fingerprint density at radius 1 is 1.08 bits per heavy atom. The van der Waals surface area contributed by atoms with Crippen molar-refractivity contribution in [2.75, 3.05) is 26.3 Å². The molecule has 2 aliphatic heterocycles. The Morgan fingerprint density at radius 3 is 2.46 bits per heavy atom. The van der Waals surface area contributed by atoms with Crippen LogP contribution >= 0.6 is 0 Å². The van der Waals surface area contributed by atoms with E-state index >= 15 is 0 Å². The minimum atomic E-state index is -0.551. The van der Waals surface area contributed by atoms with Crippen LogP contribution in [0.15, 0.2) is 89.0 Å². The molecule has 0 N–H and O–H groups in total. The molecule has 3 aromatic rings. The third-order valence-corrected chi connectivity index (χ3v) is 6.45. The van der Waals surface area contributed by atoms with Crippen LogP contribution in [0.5, 0.6) is 5.75 Å². The Bertz CT molecular complexity index is 1470. The fourth-order valence-electron chi connectivity index (χ4n) is 4.69. The lowest BCUT2D eigenvalue weighted by Gasteiger charge is -2.27. The van der Waals surface area contributed by atoms with Crippen molar-refractivity contribution in [1.82, 2.24) is 14.3 Å². The summed E-state index contributed by atoms with van der Waals surface area (Å²) >= 11 is 0. The Morgan fingerprint density at radius 2 is 1.77 bits per heavy atom. The number of aliphatic imine (C=N–C) groups is 1. The molecule has 2 aromatic carbocycles. The maximum absolute atomic E-state index is 13.7. The van der Waals surface area contributed by atoms with Gasteiger partial charge in [0.2, 0.25) is 5.88 Å². The number of amides is 1. The first kappa shape index (κ1) is 26.2. The molecule has 0 spiro atoms. The van der Waals surface area contributed by atoms with E-state index in [9.17, 15) is 14.0 Å². The summed E-state index contributed by atoms with van der Waals surface area (Å²) in [5.74, 6) is 0.286. The van der Waals surface area contributed by atoms with E-state index in [2.05, 4.69) is 11.6 Å². The molecule has 39 heavy (non-hydrogen) atoms. The fourth-order valence-corrected chi connectivity index (χ4v) is 4.69. The third-order valence-electron chi connectivity index (χ3n) is 6.45. The number of benzene rings is 2. The van der Waals surface area contributed by atoms with Gasteiger partial charge in [-0.05, 0) is 49.4 Å². The average molecular weight is 533 g/mol. The minimum Gasteiger partial charge on any atom is -0.442 e. The van der Waals surface area contributed by atoms with Gasteiger partial charge in [0.25, 0.3) is 5.56 Å². The van der Waals surface area contributed by atoms with Gasteiger partial charge >= 0.3 is 6.09 Å². The SMILES string of the molecule is C=C(/N=C(\C=C/C)c1c(-c2ccc(F)cc2)c(=O)n2n1CC(OC(=O)N1CCOCC1)C2)Oc1ccccc1. The fraction of sp³-hybridized carbons (Fsp3) is 0.276. The number of halogens is 1. The van der Waals surface area contributed by atoms with Crippen LogP contribution in [0.1, 0.15) is 12.6 Å². The molecule has 2 aliphatic rings. The van der Waals surface area contributed by atoms with E-state index < -0.39 is 18.0 Å². The molecule has 1 saturated heterocycles. The van der Waals surface area contributed by atoms with Crippen molar-refractivity contribution in [2.24, 2.45) is 4.99 Å². The van der Waals surface area contributed by atoms with Crippen LogP contribution in [-0.4, -0.2) is 58.5 Å². The number of hydrogen-bond acceptors (Lipinski definition) is 6. The highest BCUT2D eigenvalue weighted by Gasteiger charge is 2.34. The average Bonchev–Trinajstić information content (AvgIpc) is 3.46. The number of fused-ring (bicyclic) bond motifs is 1. The number of carbonyl (C=O) groups excluding carboxylic acids is 1. The maximum Gasteiger partial charge on any atom is 0.410 e. The molecule has 0 radical (unpaired) electrons. The molecule has 0 aliphatic carbocycles. The van der Waals surface area contributed by atoms with Gasteiger partial charge in [-0.25, -0.2) is 18.9 Å². The summed E-state index contributed by atoms with van der Waals surface area (Å²) in [7, 11) is 0. The summed E-state index contributed by atoms with van der Waals surface area (Å²) < 4.78 is 33.9. The van der Waals surface area contributed by atoms with E-state index in [4.69, 9.17) is 14.2 Å². The predicted molar refractivity (Wildman–Crippen MR) is 144 cm³/mol. The quantitative estimate of drug-likeness (QED) is 0.336. The number of allylic oxidation sites excluding steroid dienone is 2. The first-order chi connectivity index (χ1) is 18.9. The standard InChI is InChI=1S/C29H29FN4O5/c1-3-7-25(31-20(2)38-23-8-5-4-6-9-23)27-26(21-10-12-22(30)13-11-21)28(35)34-19-24(18-33(27)34)39-29(36)32-14-16-37-17-15-32/h3-13,24H,2,14-19H2,1H3/b7-3-,31-25+. The van der Waals surface area contributed by atoms with Gasteiger partial charge in [-0.15, -0.1) is 0 Å². The molecule has 1 aromatic heterocycles. The van der Waals surface area contributed by atoms with Crippen molar-refractivity contribution in [3.8, 4) is 16.9 Å². The summed E-state index contributed by atoms with van der Waals surface area (Å²) in [6.45, 7) is 8.03. The number of ether oxygens (including phenoxy) is 3. The lowest BCUT2D eigenvalue weighted by Crippen LogP contribution is -2.42. The van der Waals surface area contributed by atoms with Gasteiger partial charge in [-0.1, -0.05) is 36.4 Å². The van der Waals surface area contributed by atoms with E-state index in [0.717, 1.165) is 0 Å². The molecule has 3 heterocycles. The van der Waals surface area contributed by atoms with E-state index in [-0.39, 0.29) is 24.5 Å². The zero-order chi connectivity index (χ0) is 27.4. The van der Waals surface area contributed by atoms with Gasteiger partial charge in [-0.3, -0.25) is 9.48 Å². The molecule has 10 heteroatoms. The molecule has 9 nitrogen and oxygen atoms in total. The lowest BCUT2D eigenvalue weighted by atomic mass is 10.0. The van der Waals surface area contributed by atoms with Gasteiger partial charge in [0, 0.05) is 13.1 Å². The highest BCUT2D eigenvalue weighted by molar-refractivity contribution is 6.12. The second-order valence-corrected chi connectivity index (χ2v) is 9.11. The Kier molecular flexibility index (Phi) is 7.74. The van der Waals surface area contributed by atoms with E-state index in [1.165, 1.54) is 16.8 Å². The largest absolute Gasteiger partial charge is 0.442 e. The summed E-state index contributed by atoms with van der Waals surface area (Å²) in [5, 5.41) is 0. The van der Waals surface area contributed by atoms with Crippen LogP contribution in [0.4, 0.5) is 9.18 Å². The number of aromatic nitrogens is 2. The monoisotopic (exact) mass is 532 g/mol. The summed E-state index contributed by atoms with van der Waals surface area (Å²) in [6.07, 6.45) is 2.56. The molecule has 1 atom stereocenters. The maximum atomic E-state index is 13.7. The predicted octanol–water partition coefficient (Wildman–Crippen LogP) is 4.22. The smallest absolute Gasteiger partial charge is 0.410 e. The van der Waals surface area contributed by atoms with E-state index in [0.29, 0.717) is 54.6 Å². The van der Waals surface area contributed by atoms with E-state index in [1.807, 2.05) is 25.1 Å². The molecule has 0 bridgehead atoms. The van der Waals surface area contributed by atoms with Crippen molar-refractivity contribution in [1.29, 1.82) is 0 Å². The zero-order valence-electron chi connectivity index (χ0n) is 21.6. The molecule has 202 valence electrons. The summed E-state index contributed by atoms with van der Waals surface area (Å²) in [6, 6.07) is 14.9. The van der Waals surface area contributed by atoms with Gasteiger partial charge in [0.05, 0.1) is 43.3 Å². The number of carbonyl (C=O) groups is 1. The van der Waals surface area contributed by atoms with Crippen molar-refractivity contribution >= 4 is 11.8 Å². The van der Waals surface area contributed by atoms with Gasteiger partial charge < -0.3 is 19.1 Å². The highest BCUT2D eigenvalue weighted by atomic mass is 19.1. The van der Waals surface area contributed by atoms with Crippen LogP contribution < -0.4 is 10.3 Å². The second-order valence-electron chi connectivity index (χ2n) is 9.11. The minimum absolute atomic E-state index is 0.126. The van der Waals surface area contributed by atoms with E-state index in [1.54, 1.807) is 46.0 Å². The molecular formula is C29H29FN4O5. The molecule has 1 fully saturated rings.